The van der Waals surface area contributed by atoms with Crippen molar-refractivity contribution in [3.8, 4) is 0 Å². The second kappa shape index (κ2) is 5.07. The van der Waals surface area contributed by atoms with E-state index in [4.69, 9.17) is 4.74 Å². The van der Waals surface area contributed by atoms with Crippen LogP contribution in [0.25, 0.3) is 0 Å². The summed E-state index contributed by atoms with van der Waals surface area (Å²) in [6.45, 7) is 5.20. The second-order valence-corrected chi connectivity index (χ2v) is 3.52. The molecule has 0 radical (unpaired) electrons. The first-order valence-electron chi connectivity index (χ1n) is 4.81. The zero-order valence-electron chi connectivity index (χ0n) is 8.38. The average Bonchev–Trinajstić information content (AvgIpc) is 2.49. The molecule has 1 N–H and O–H groups in total. The predicted molar refractivity (Wildman–Crippen MR) is 50.6 cm³/mol. The number of carbonyl (C=O) groups is 1. The number of carbonyl (C=O) groups excluding carboxylic acids is 1. The van der Waals surface area contributed by atoms with E-state index in [2.05, 4.69) is 17.3 Å². The molecule has 0 saturated carbocycles. The Labute approximate surface area is 79.2 Å². The van der Waals surface area contributed by atoms with Crippen LogP contribution in [0.4, 0.5) is 4.79 Å². The molecule has 0 spiro atoms. The highest BCUT2D eigenvalue weighted by Gasteiger charge is 2.19. The minimum atomic E-state index is -0.294. The third-order valence-corrected chi connectivity index (χ3v) is 2.30. The lowest BCUT2D eigenvalue weighted by Crippen LogP contribution is -2.30. The van der Waals surface area contributed by atoms with Crippen molar-refractivity contribution in [1.29, 1.82) is 0 Å². The van der Waals surface area contributed by atoms with Crippen molar-refractivity contribution >= 4 is 6.09 Å². The molecule has 1 atom stereocenters. The average molecular weight is 186 g/mol. The molecule has 76 valence electrons. The fraction of sp³-hybridized carbons (Fsp3) is 0.889. The summed E-state index contributed by atoms with van der Waals surface area (Å²) in [5, 5.41) is 2.76. The zero-order valence-corrected chi connectivity index (χ0v) is 8.38. The number of likely N-dealkylation sites (tertiary alicyclic amines) is 1. The first kappa shape index (κ1) is 10.3. The molecule has 0 aromatic carbocycles. The largest absolute Gasteiger partial charge is 0.450 e. The summed E-state index contributed by atoms with van der Waals surface area (Å²) in [4.78, 5) is 13.2. The van der Waals surface area contributed by atoms with Gasteiger partial charge in [-0.2, -0.15) is 0 Å². The van der Waals surface area contributed by atoms with Crippen LogP contribution >= 0.6 is 0 Å². The number of hydrogen-bond donors (Lipinski definition) is 1. The van der Waals surface area contributed by atoms with Gasteiger partial charge in [0.25, 0.3) is 0 Å². The number of amides is 1. The molecule has 1 aliphatic heterocycles. The van der Waals surface area contributed by atoms with Crippen LogP contribution in [0.15, 0.2) is 0 Å². The van der Waals surface area contributed by atoms with Crippen LogP contribution in [0.5, 0.6) is 0 Å². The van der Waals surface area contributed by atoms with Crippen LogP contribution in [-0.2, 0) is 4.74 Å². The quantitative estimate of drug-likeness (QED) is 0.705. The van der Waals surface area contributed by atoms with Crippen molar-refractivity contribution in [2.24, 2.45) is 5.92 Å². The summed E-state index contributed by atoms with van der Waals surface area (Å²) in [7, 11) is 2.10. The van der Waals surface area contributed by atoms with Gasteiger partial charge in [0, 0.05) is 13.1 Å². The number of nitrogens with one attached hydrogen (secondary N) is 1. The lowest BCUT2D eigenvalue weighted by Gasteiger charge is -2.11. The smallest absolute Gasteiger partial charge is 0.407 e. The van der Waals surface area contributed by atoms with E-state index in [1.54, 1.807) is 0 Å². The Morgan fingerprint density at radius 3 is 3.00 bits per heavy atom. The second-order valence-electron chi connectivity index (χ2n) is 3.52. The maximum absolute atomic E-state index is 10.9. The maximum atomic E-state index is 10.9. The summed E-state index contributed by atoms with van der Waals surface area (Å²) in [5.41, 5.74) is 0. The van der Waals surface area contributed by atoms with Crippen molar-refractivity contribution in [3.05, 3.63) is 0 Å². The highest BCUT2D eigenvalue weighted by Crippen LogP contribution is 2.12. The summed E-state index contributed by atoms with van der Waals surface area (Å²) < 4.78 is 4.76. The van der Waals surface area contributed by atoms with E-state index in [1.807, 2.05) is 6.92 Å². The van der Waals surface area contributed by atoms with Gasteiger partial charge in [-0.25, -0.2) is 4.79 Å². The molecule has 4 heteroatoms. The van der Waals surface area contributed by atoms with Crippen LogP contribution in [-0.4, -0.2) is 44.3 Å². The van der Waals surface area contributed by atoms with Gasteiger partial charge in [0.1, 0.15) is 0 Å². The molecular formula is C9H18N2O2. The third kappa shape index (κ3) is 3.63. The molecule has 0 aromatic rings. The van der Waals surface area contributed by atoms with Gasteiger partial charge in [-0.15, -0.1) is 0 Å². The highest BCUT2D eigenvalue weighted by atomic mass is 16.5. The van der Waals surface area contributed by atoms with Crippen molar-refractivity contribution < 1.29 is 9.53 Å². The molecule has 1 amide bonds. The van der Waals surface area contributed by atoms with E-state index < -0.39 is 0 Å². The van der Waals surface area contributed by atoms with E-state index in [0.717, 1.165) is 19.6 Å². The van der Waals surface area contributed by atoms with Gasteiger partial charge in [-0.3, -0.25) is 0 Å². The Kier molecular flexibility index (Phi) is 4.02. The fourth-order valence-electron chi connectivity index (χ4n) is 1.60. The number of hydrogen-bond acceptors (Lipinski definition) is 3. The lowest BCUT2D eigenvalue weighted by molar-refractivity contribution is 0.150. The molecule has 4 nitrogen and oxygen atoms in total. The van der Waals surface area contributed by atoms with Gasteiger partial charge in [-0.1, -0.05) is 0 Å². The molecule has 0 bridgehead atoms. The predicted octanol–water partition coefficient (Wildman–Crippen LogP) is 0.684. The Morgan fingerprint density at radius 1 is 1.69 bits per heavy atom. The van der Waals surface area contributed by atoms with E-state index in [0.29, 0.717) is 12.5 Å². The van der Waals surface area contributed by atoms with Crippen LogP contribution in [0, 0.1) is 5.92 Å². The van der Waals surface area contributed by atoms with Crippen molar-refractivity contribution in [2.75, 3.05) is 33.3 Å². The first-order chi connectivity index (χ1) is 6.22. The Bertz CT molecular complexity index is 173. The minimum Gasteiger partial charge on any atom is -0.450 e. The van der Waals surface area contributed by atoms with Gasteiger partial charge in [0.05, 0.1) is 6.61 Å². The first-order valence-corrected chi connectivity index (χ1v) is 4.81. The Hall–Kier alpha value is -0.770. The summed E-state index contributed by atoms with van der Waals surface area (Å²) in [6.07, 6.45) is 0.875. The summed E-state index contributed by atoms with van der Waals surface area (Å²) in [6, 6.07) is 0. The molecule has 13 heavy (non-hydrogen) atoms. The molecule has 0 aliphatic carbocycles. The van der Waals surface area contributed by atoms with Crippen molar-refractivity contribution in [3.63, 3.8) is 0 Å². The van der Waals surface area contributed by atoms with Crippen LogP contribution in [0.2, 0.25) is 0 Å². The van der Waals surface area contributed by atoms with Gasteiger partial charge in [-0.05, 0) is 32.9 Å². The zero-order chi connectivity index (χ0) is 9.68. The normalized spacial score (nSPS) is 23.1. The lowest BCUT2D eigenvalue weighted by atomic mass is 10.1. The van der Waals surface area contributed by atoms with Gasteiger partial charge >= 0.3 is 6.09 Å². The van der Waals surface area contributed by atoms with Gasteiger partial charge < -0.3 is 15.0 Å². The van der Waals surface area contributed by atoms with E-state index in [1.165, 1.54) is 6.42 Å². The SMILES string of the molecule is CCOC(=O)NCC1CCN(C)C1. The highest BCUT2D eigenvalue weighted by molar-refractivity contribution is 5.67. The molecule has 1 rings (SSSR count). The molecule has 1 aliphatic rings. The summed E-state index contributed by atoms with van der Waals surface area (Å²) in [5.74, 6) is 0.592. The fourth-order valence-corrected chi connectivity index (χ4v) is 1.60. The molecule has 1 unspecified atom stereocenters. The topological polar surface area (TPSA) is 41.6 Å². The van der Waals surface area contributed by atoms with Crippen molar-refractivity contribution in [2.45, 2.75) is 13.3 Å². The van der Waals surface area contributed by atoms with E-state index in [-0.39, 0.29) is 6.09 Å². The number of alkyl carbamates (subject to hydrolysis) is 1. The number of ether oxygens (including phenoxy) is 1. The van der Waals surface area contributed by atoms with Crippen LogP contribution in [0.3, 0.4) is 0 Å². The Morgan fingerprint density at radius 2 is 2.46 bits per heavy atom. The number of rotatable bonds is 3. The van der Waals surface area contributed by atoms with Crippen LogP contribution in [0.1, 0.15) is 13.3 Å². The van der Waals surface area contributed by atoms with Crippen LogP contribution < -0.4 is 5.32 Å². The molecule has 0 aromatic heterocycles. The number of nitrogens with zero attached hydrogens (tertiary/aromatic N) is 1. The maximum Gasteiger partial charge on any atom is 0.407 e. The molecule has 1 fully saturated rings. The summed E-state index contributed by atoms with van der Waals surface area (Å²) >= 11 is 0. The standard InChI is InChI=1S/C9H18N2O2/c1-3-13-9(12)10-6-8-4-5-11(2)7-8/h8H,3-7H2,1-2H3,(H,10,12). The molecule has 1 heterocycles. The third-order valence-electron chi connectivity index (χ3n) is 2.30. The van der Waals surface area contributed by atoms with E-state index in [9.17, 15) is 4.79 Å². The molecule has 1 saturated heterocycles. The van der Waals surface area contributed by atoms with Gasteiger partial charge in [0.15, 0.2) is 0 Å². The van der Waals surface area contributed by atoms with Gasteiger partial charge in [0.2, 0.25) is 0 Å². The van der Waals surface area contributed by atoms with Crippen molar-refractivity contribution in [1.82, 2.24) is 10.2 Å². The Balaban J connectivity index is 2.09. The minimum absolute atomic E-state index is 0.294. The van der Waals surface area contributed by atoms with E-state index >= 15 is 0 Å². The monoisotopic (exact) mass is 186 g/mol. The molecular weight excluding hydrogens is 168 g/mol.